The summed E-state index contributed by atoms with van der Waals surface area (Å²) in [5.74, 6) is 1.16. The number of nitrogens with one attached hydrogen (secondary N) is 2. The molecule has 0 atom stereocenters. The molecule has 10 nitrogen and oxygen atoms in total. The van der Waals surface area contributed by atoms with Crippen LogP contribution in [0, 0.1) is 0 Å². The van der Waals surface area contributed by atoms with Crippen LogP contribution in [0.4, 0.5) is 9.59 Å². The topological polar surface area (TPSA) is 122 Å². The van der Waals surface area contributed by atoms with Crippen LogP contribution in [0.3, 0.4) is 0 Å². The number of rotatable bonds is 7. The first-order valence-electron chi connectivity index (χ1n) is 12.0. The second-order valence-electron chi connectivity index (χ2n) is 10.3. The summed E-state index contributed by atoms with van der Waals surface area (Å²) >= 11 is 0. The third kappa shape index (κ3) is 10.9. The molecule has 1 aromatic rings. The van der Waals surface area contributed by atoms with Gasteiger partial charge in [-0.15, -0.1) is 0 Å². The molecule has 0 fully saturated rings. The Morgan fingerprint density at radius 2 is 1.74 bits per heavy atom. The zero-order chi connectivity index (χ0) is 26.1. The molecule has 0 aromatic heterocycles. The second-order valence-corrected chi connectivity index (χ2v) is 10.3. The van der Waals surface area contributed by atoms with Crippen molar-refractivity contribution in [2.45, 2.75) is 72.1 Å². The first-order valence-corrected chi connectivity index (χ1v) is 12.0. The lowest BCUT2D eigenvalue weighted by molar-refractivity contribution is 0.0524. The van der Waals surface area contributed by atoms with E-state index in [-0.39, 0.29) is 13.2 Å². The van der Waals surface area contributed by atoms with Gasteiger partial charge in [-0.25, -0.2) is 9.59 Å². The Kier molecular flexibility index (Phi) is 10.2. The number of nitrogens with zero attached hydrogens (tertiary/aromatic N) is 2. The molecule has 0 bridgehead atoms. The van der Waals surface area contributed by atoms with Gasteiger partial charge in [-0.1, -0.05) is 6.07 Å². The van der Waals surface area contributed by atoms with Crippen LogP contribution in [-0.4, -0.2) is 72.2 Å². The highest BCUT2D eigenvalue weighted by Gasteiger charge is 2.24. The van der Waals surface area contributed by atoms with E-state index >= 15 is 0 Å². The SMILES string of the molecule is CC(C)(C)OC(=O)NCCCN=C(NC(=O)OC(C)(C)C)N1CCc2cc(OCCO)ccc2C1. The molecule has 0 radical (unpaired) electrons. The third-order valence-corrected chi connectivity index (χ3v) is 4.73. The van der Waals surface area contributed by atoms with E-state index < -0.39 is 23.4 Å². The van der Waals surface area contributed by atoms with Crippen molar-refractivity contribution in [3.05, 3.63) is 29.3 Å². The van der Waals surface area contributed by atoms with E-state index in [0.29, 0.717) is 38.6 Å². The number of alkyl carbamates (subject to hydrolysis) is 2. The summed E-state index contributed by atoms with van der Waals surface area (Å²) in [6, 6.07) is 5.85. The Labute approximate surface area is 208 Å². The molecule has 0 saturated heterocycles. The number of benzene rings is 1. The minimum atomic E-state index is -0.633. The lowest BCUT2D eigenvalue weighted by Gasteiger charge is -2.32. The first kappa shape index (κ1) is 28.2. The first-order chi connectivity index (χ1) is 16.4. The van der Waals surface area contributed by atoms with Gasteiger partial charge >= 0.3 is 12.2 Å². The number of aliphatic imine (C=N–C) groups is 1. The number of aliphatic hydroxyl groups is 1. The molecule has 0 spiro atoms. The van der Waals surface area contributed by atoms with E-state index in [2.05, 4.69) is 15.6 Å². The van der Waals surface area contributed by atoms with Gasteiger partial charge in [0.15, 0.2) is 0 Å². The standard InChI is InChI=1S/C25H40N4O6/c1-24(2,3)34-22(31)27-12-7-11-26-21(28-23(32)35-25(4,5)6)29-13-10-18-16-20(33-15-14-30)9-8-19(18)17-29/h8-9,16,30H,7,10-15,17H2,1-6H3,(H,27,31)(H,26,28,32). The lowest BCUT2D eigenvalue weighted by atomic mass is 9.99. The quantitative estimate of drug-likeness (QED) is 0.304. The number of hydrogen-bond donors (Lipinski definition) is 3. The molecule has 35 heavy (non-hydrogen) atoms. The molecule has 0 saturated carbocycles. The van der Waals surface area contributed by atoms with Crippen molar-refractivity contribution in [2.24, 2.45) is 4.99 Å². The second kappa shape index (κ2) is 12.6. The molecule has 1 aliphatic heterocycles. The number of carbonyl (C=O) groups excluding carboxylic acids is 2. The van der Waals surface area contributed by atoms with Crippen molar-refractivity contribution in [1.29, 1.82) is 0 Å². The van der Waals surface area contributed by atoms with Crippen molar-refractivity contribution < 1.29 is 28.9 Å². The van der Waals surface area contributed by atoms with Gasteiger partial charge in [0.05, 0.1) is 6.61 Å². The van der Waals surface area contributed by atoms with E-state index in [0.717, 1.165) is 23.3 Å². The molecular formula is C25H40N4O6. The van der Waals surface area contributed by atoms with Crippen molar-refractivity contribution in [3.63, 3.8) is 0 Å². The minimum Gasteiger partial charge on any atom is -0.491 e. The van der Waals surface area contributed by atoms with Gasteiger partial charge in [-0.2, -0.15) is 0 Å². The van der Waals surface area contributed by atoms with Crippen LogP contribution in [0.15, 0.2) is 23.2 Å². The predicted octanol–water partition coefficient (Wildman–Crippen LogP) is 3.21. The maximum atomic E-state index is 12.5. The Hall–Kier alpha value is -3.01. The largest absolute Gasteiger partial charge is 0.491 e. The van der Waals surface area contributed by atoms with Crippen LogP contribution in [0.25, 0.3) is 0 Å². The summed E-state index contributed by atoms with van der Waals surface area (Å²) in [6.45, 7) is 13.1. The monoisotopic (exact) mass is 492 g/mol. The molecule has 196 valence electrons. The summed E-state index contributed by atoms with van der Waals surface area (Å²) in [7, 11) is 0. The third-order valence-electron chi connectivity index (χ3n) is 4.73. The summed E-state index contributed by atoms with van der Waals surface area (Å²) in [6.07, 6.45) is 0.292. The van der Waals surface area contributed by atoms with Gasteiger partial charge in [0, 0.05) is 26.2 Å². The highest BCUT2D eigenvalue weighted by atomic mass is 16.6. The van der Waals surface area contributed by atoms with Crippen LogP contribution in [-0.2, 0) is 22.4 Å². The molecule has 2 amide bonds. The maximum absolute atomic E-state index is 12.5. The van der Waals surface area contributed by atoms with Crippen LogP contribution < -0.4 is 15.4 Å². The van der Waals surface area contributed by atoms with Gasteiger partial charge in [0.2, 0.25) is 5.96 Å². The molecule has 1 aromatic carbocycles. The van der Waals surface area contributed by atoms with Gasteiger partial charge in [-0.3, -0.25) is 10.3 Å². The van der Waals surface area contributed by atoms with E-state index in [1.807, 2.05) is 43.9 Å². The zero-order valence-electron chi connectivity index (χ0n) is 21.8. The van der Waals surface area contributed by atoms with E-state index in [1.54, 1.807) is 20.8 Å². The molecule has 3 N–H and O–H groups in total. The Bertz CT molecular complexity index is 889. The number of fused-ring (bicyclic) bond motifs is 1. The molecule has 1 heterocycles. The van der Waals surface area contributed by atoms with Crippen molar-refractivity contribution in [3.8, 4) is 5.75 Å². The molecule has 10 heteroatoms. The average Bonchev–Trinajstić information content (AvgIpc) is 2.73. The summed E-state index contributed by atoms with van der Waals surface area (Å²) in [5.41, 5.74) is 1.09. The Morgan fingerprint density at radius 3 is 2.40 bits per heavy atom. The fourth-order valence-corrected chi connectivity index (χ4v) is 3.35. The molecule has 2 rings (SSSR count). The fraction of sp³-hybridized carbons (Fsp3) is 0.640. The normalized spacial score (nSPS) is 14.1. The average molecular weight is 493 g/mol. The highest BCUT2D eigenvalue weighted by Crippen LogP contribution is 2.24. The number of hydrogen-bond acceptors (Lipinski definition) is 7. The van der Waals surface area contributed by atoms with Crippen molar-refractivity contribution in [1.82, 2.24) is 15.5 Å². The van der Waals surface area contributed by atoms with E-state index in [9.17, 15) is 9.59 Å². The molecular weight excluding hydrogens is 452 g/mol. The predicted molar refractivity (Wildman–Crippen MR) is 134 cm³/mol. The van der Waals surface area contributed by atoms with Crippen LogP contribution in [0.1, 0.15) is 59.1 Å². The highest BCUT2D eigenvalue weighted by molar-refractivity contribution is 5.94. The fourth-order valence-electron chi connectivity index (χ4n) is 3.35. The van der Waals surface area contributed by atoms with Gasteiger partial charge in [0.1, 0.15) is 23.6 Å². The number of guanidine groups is 1. The van der Waals surface area contributed by atoms with E-state index in [4.69, 9.17) is 19.3 Å². The maximum Gasteiger partial charge on any atom is 0.414 e. The zero-order valence-corrected chi connectivity index (χ0v) is 21.8. The van der Waals surface area contributed by atoms with Crippen molar-refractivity contribution in [2.75, 3.05) is 32.8 Å². The number of carbonyl (C=O) groups is 2. The number of amides is 2. The van der Waals surface area contributed by atoms with Gasteiger partial charge in [-0.05, 0) is 77.6 Å². The Morgan fingerprint density at radius 1 is 1.06 bits per heavy atom. The molecule has 1 aliphatic rings. The molecule has 0 unspecified atom stereocenters. The Balaban J connectivity index is 2.03. The van der Waals surface area contributed by atoms with Gasteiger partial charge in [0.25, 0.3) is 0 Å². The minimum absolute atomic E-state index is 0.0334. The van der Waals surface area contributed by atoms with Gasteiger partial charge < -0.3 is 29.5 Å². The smallest absolute Gasteiger partial charge is 0.414 e. The van der Waals surface area contributed by atoms with E-state index in [1.165, 1.54) is 0 Å². The van der Waals surface area contributed by atoms with Crippen LogP contribution in [0.5, 0.6) is 5.75 Å². The summed E-state index contributed by atoms with van der Waals surface area (Å²) in [4.78, 5) is 30.9. The number of aliphatic hydroxyl groups excluding tert-OH is 1. The summed E-state index contributed by atoms with van der Waals surface area (Å²) in [5, 5.41) is 14.5. The van der Waals surface area contributed by atoms with Crippen molar-refractivity contribution >= 4 is 18.1 Å². The van der Waals surface area contributed by atoms with Crippen LogP contribution >= 0.6 is 0 Å². The summed E-state index contributed by atoms with van der Waals surface area (Å²) < 4.78 is 16.2. The number of ether oxygens (including phenoxy) is 3. The van der Waals surface area contributed by atoms with Crippen LogP contribution in [0.2, 0.25) is 0 Å². The molecule has 0 aliphatic carbocycles. The lowest BCUT2D eigenvalue weighted by Crippen LogP contribution is -2.47.